The molecular formula is C11H14BrNO. The first kappa shape index (κ1) is 9.99. The van der Waals surface area contributed by atoms with Crippen LogP contribution < -0.4 is 10.1 Å². The van der Waals surface area contributed by atoms with Gasteiger partial charge in [-0.2, -0.15) is 0 Å². The van der Waals surface area contributed by atoms with Crippen LogP contribution >= 0.6 is 15.9 Å². The SMILES string of the molecule is COc1c(Br)cccc1C1CCNC1. The fourth-order valence-electron chi connectivity index (χ4n) is 1.98. The van der Waals surface area contributed by atoms with Gasteiger partial charge in [0.05, 0.1) is 11.6 Å². The Hall–Kier alpha value is -0.540. The van der Waals surface area contributed by atoms with Crippen LogP contribution in [0, 0.1) is 0 Å². The zero-order valence-electron chi connectivity index (χ0n) is 8.22. The number of halogens is 1. The minimum Gasteiger partial charge on any atom is -0.495 e. The number of hydrogen-bond donors (Lipinski definition) is 1. The number of methoxy groups -OCH3 is 1. The van der Waals surface area contributed by atoms with Gasteiger partial charge in [-0.05, 0) is 40.5 Å². The molecule has 0 bridgehead atoms. The van der Waals surface area contributed by atoms with Gasteiger partial charge in [0.15, 0.2) is 0 Å². The van der Waals surface area contributed by atoms with E-state index < -0.39 is 0 Å². The Labute approximate surface area is 92.8 Å². The zero-order chi connectivity index (χ0) is 9.97. The van der Waals surface area contributed by atoms with Crippen molar-refractivity contribution in [2.24, 2.45) is 0 Å². The monoisotopic (exact) mass is 255 g/mol. The smallest absolute Gasteiger partial charge is 0.136 e. The van der Waals surface area contributed by atoms with Gasteiger partial charge < -0.3 is 10.1 Å². The van der Waals surface area contributed by atoms with E-state index in [1.807, 2.05) is 6.07 Å². The third kappa shape index (κ3) is 1.79. The summed E-state index contributed by atoms with van der Waals surface area (Å²) in [4.78, 5) is 0. The molecule has 2 rings (SSSR count). The predicted molar refractivity (Wildman–Crippen MR) is 60.9 cm³/mol. The van der Waals surface area contributed by atoms with Crippen molar-refractivity contribution in [3.63, 3.8) is 0 Å². The lowest BCUT2D eigenvalue weighted by Crippen LogP contribution is -2.08. The molecule has 0 saturated carbocycles. The molecule has 1 aliphatic rings. The lowest BCUT2D eigenvalue weighted by Gasteiger charge is -2.14. The van der Waals surface area contributed by atoms with Gasteiger partial charge in [0, 0.05) is 12.5 Å². The molecule has 1 aromatic rings. The highest BCUT2D eigenvalue weighted by Crippen LogP contribution is 2.35. The van der Waals surface area contributed by atoms with E-state index in [4.69, 9.17) is 4.74 Å². The van der Waals surface area contributed by atoms with Crippen molar-refractivity contribution in [2.75, 3.05) is 20.2 Å². The van der Waals surface area contributed by atoms with Gasteiger partial charge in [-0.25, -0.2) is 0 Å². The molecule has 1 fully saturated rings. The molecule has 1 aromatic carbocycles. The number of ether oxygens (including phenoxy) is 1. The molecule has 14 heavy (non-hydrogen) atoms. The second-order valence-electron chi connectivity index (χ2n) is 3.55. The van der Waals surface area contributed by atoms with Crippen LogP contribution in [0.2, 0.25) is 0 Å². The molecule has 1 unspecified atom stereocenters. The van der Waals surface area contributed by atoms with Crippen LogP contribution in [0.15, 0.2) is 22.7 Å². The number of nitrogens with one attached hydrogen (secondary N) is 1. The van der Waals surface area contributed by atoms with Crippen LogP contribution in [0.3, 0.4) is 0 Å². The third-order valence-corrected chi connectivity index (χ3v) is 3.33. The van der Waals surface area contributed by atoms with Crippen molar-refractivity contribution in [2.45, 2.75) is 12.3 Å². The summed E-state index contributed by atoms with van der Waals surface area (Å²) in [5, 5.41) is 3.37. The Morgan fingerprint density at radius 1 is 1.50 bits per heavy atom. The lowest BCUT2D eigenvalue weighted by molar-refractivity contribution is 0.403. The number of para-hydroxylation sites is 1. The summed E-state index contributed by atoms with van der Waals surface area (Å²) >= 11 is 3.51. The standard InChI is InChI=1S/C11H14BrNO/c1-14-11-9(3-2-4-10(11)12)8-5-6-13-7-8/h2-4,8,13H,5-7H2,1H3. The molecule has 76 valence electrons. The second kappa shape index (κ2) is 4.32. The molecule has 1 aliphatic heterocycles. The molecule has 1 N–H and O–H groups in total. The first-order valence-corrected chi connectivity index (χ1v) is 5.65. The van der Waals surface area contributed by atoms with Crippen LogP contribution in [0.1, 0.15) is 17.9 Å². The van der Waals surface area contributed by atoms with Crippen LogP contribution in [0.25, 0.3) is 0 Å². The normalized spacial score (nSPS) is 21.1. The van der Waals surface area contributed by atoms with E-state index in [2.05, 4.69) is 33.4 Å². The van der Waals surface area contributed by atoms with E-state index in [0.717, 1.165) is 23.3 Å². The molecule has 1 saturated heterocycles. The molecule has 3 heteroatoms. The molecule has 1 atom stereocenters. The Kier molecular flexibility index (Phi) is 3.08. The zero-order valence-corrected chi connectivity index (χ0v) is 9.80. The highest BCUT2D eigenvalue weighted by atomic mass is 79.9. The summed E-state index contributed by atoms with van der Waals surface area (Å²) in [6.45, 7) is 2.17. The molecular weight excluding hydrogens is 242 g/mol. The van der Waals surface area contributed by atoms with Crippen molar-refractivity contribution in [3.8, 4) is 5.75 Å². The summed E-state index contributed by atoms with van der Waals surface area (Å²) in [5.41, 5.74) is 1.31. The second-order valence-corrected chi connectivity index (χ2v) is 4.41. The number of hydrogen-bond acceptors (Lipinski definition) is 2. The van der Waals surface area contributed by atoms with E-state index >= 15 is 0 Å². The Morgan fingerprint density at radius 2 is 2.36 bits per heavy atom. The Morgan fingerprint density at radius 3 is 3.00 bits per heavy atom. The lowest BCUT2D eigenvalue weighted by atomic mass is 9.97. The minimum atomic E-state index is 0.599. The summed E-state index contributed by atoms with van der Waals surface area (Å²) in [6.07, 6.45) is 1.20. The molecule has 1 heterocycles. The van der Waals surface area contributed by atoms with Gasteiger partial charge in [0.2, 0.25) is 0 Å². The fourth-order valence-corrected chi connectivity index (χ4v) is 2.53. The van der Waals surface area contributed by atoms with Gasteiger partial charge in [-0.3, -0.25) is 0 Å². The summed E-state index contributed by atoms with van der Waals surface area (Å²) in [7, 11) is 1.73. The predicted octanol–water partition coefficient (Wildman–Crippen LogP) is 2.53. The highest BCUT2D eigenvalue weighted by Gasteiger charge is 2.20. The average Bonchev–Trinajstić information content (AvgIpc) is 2.70. The summed E-state index contributed by atoms with van der Waals surface area (Å²) in [5.74, 6) is 1.59. The maximum atomic E-state index is 5.41. The molecule has 0 aromatic heterocycles. The topological polar surface area (TPSA) is 21.3 Å². The summed E-state index contributed by atoms with van der Waals surface area (Å²) in [6, 6.07) is 6.24. The van der Waals surface area contributed by atoms with Gasteiger partial charge in [-0.15, -0.1) is 0 Å². The first-order chi connectivity index (χ1) is 6.83. The summed E-state index contributed by atoms with van der Waals surface area (Å²) < 4.78 is 6.46. The quantitative estimate of drug-likeness (QED) is 0.877. The van der Waals surface area contributed by atoms with E-state index in [9.17, 15) is 0 Å². The van der Waals surface area contributed by atoms with E-state index in [-0.39, 0.29) is 0 Å². The van der Waals surface area contributed by atoms with E-state index in [1.165, 1.54) is 12.0 Å². The van der Waals surface area contributed by atoms with Gasteiger partial charge >= 0.3 is 0 Å². The average molecular weight is 256 g/mol. The number of benzene rings is 1. The van der Waals surface area contributed by atoms with Crippen molar-refractivity contribution >= 4 is 15.9 Å². The highest BCUT2D eigenvalue weighted by molar-refractivity contribution is 9.10. The molecule has 2 nitrogen and oxygen atoms in total. The molecule has 0 aliphatic carbocycles. The van der Waals surface area contributed by atoms with Gasteiger partial charge in [-0.1, -0.05) is 12.1 Å². The van der Waals surface area contributed by atoms with Crippen LogP contribution in [-0.4, -0.2) is 20.2 Å². The number of rotatable bonds is 2. The van der Waals surface area contributed by atoms with Crippen molar-refractivity contribution in [1.29, 1.82) is 0 Å². The molecule has 0 radical (unpaired) electrons. The molecule has 0 spiro atoms. The van der Waals surface area contributed by atoms with Crippen LogP contribution in [0.4, 0.5) is 0 Å². The van der Waals surface area contributed by atoms with Gasteiger partial charge in [0.1, 0.15) is 5.75 Å². The van der Waals surface area contributed by atoms with E-state index in [1.54, 1.807) is 7.11 Å². The largest absolute Gasteiger partial charge is 0.495 e. The Balaban J connectivity index is 2.35. The Bertz CT molecular complexity index is 321. The maximum Gasteiger partial charge on any atom is 0.136 e. The third-order valence-electron chi connectivity index (χ3n) is 2.70. The maximum absolute atomic E-state index is 5.41. The van der Waals surface area contributed by atoms with Crippen LogP contribution in [-0.2, 0) is 0 Å². The van der Waals surface area contributed by atoms with E-state index in [0.29, 0.717) is 5.92 Å². The van der Waals surface area contributed by atoms with Crippen molar-refractivity contribution < 1.29 is 4.74 Å². The minimum absolute atomic E-state index is 0.599. The van der Waals surface area contributed by atoms with Gasteiger partial charge in [0.25, 0.3) is 0 Å². The molecule has 0 amide bonds. The van der Waals surface area contributed by atoms with Crippen molar-refractivity contribution in [3.05, 3.63) is 28.2 Å². The van der Waals surface area contributed by atoms with Crippen LogP contribution in [0.5, 0.6) is 5.75 Å². The fraction of sp³-hybridized carbons (Fsp3) is 0.455. The van der Waals surface area contributed by atoms with Crippen molar-refractivity contribution in [1.82, 2.24) is 5.32 Å². The first-order valence-electron chi connectivity index (χ1n) is 4.86.